The van der Waals surface area contributed by atoms with Crippen LogP contribution in [0.3, 0.4) is 0 Å². The second-order valence-electron chi connectivity index (χ2n) is 9.80. The molecule has 7 nitrogen and oxygen atoms in total. The molecular weight excluding hydrogens is 438 g/mol. The molecule has 2 aliphatic heterocycles. The van der Waals surface area contributed by atoms with Crippen LogP contribution in [0, 0.1) is 12.8 Å². The van der Waals surface area contributed by atoms with Crippen LogP contribution in [0.15, 0.2) is 54.9 Å². The van der Waals surface area contributed by atoms with Gasteiger partial charge < -0.3 is 15.5 Å². The van der Waals surface area contributed by atoms with Crippen LogP contribution >= 0.6 is 0 Å². The number of hydrogen-bond donors (Lipinski definition) is 2. The highest BCUT2D eigenvalue weighted by Crippen LogP contribution is 2.31. The van der Waals surface area contributed by atoms with Gasteiger partial charge in [0.25, 0.3) is 5.91 Å². The number of aromatic nitrogens is 2. The van der Waals surface area contributed by atoms with Gasteiger partial charge >= 0.3 is 0 Å². The van der Waals surface area contributed by atoms with E-state index in [4.69, 9.17) is 0 Å². The van der Waals surface area contributed by atoms with Gasteiger partial charge in [-0.1, -0.05) is 30.3 Å². The van der Waals surface area contributed by atoms with E-state index in [2.05, 4.69) is 40.0 Å². The molecule has 2 N–H and O–H groups in total. The van der Waals surface area contributed by atoms with E-state index in [1.165, 1.54) is 11.1 Å². The average molecular weight is 472 g/mol. The fourth-order valence-electron chi connectivity index (χ4n) is 5.12. The van der Waals surface area contributed by atoms with Crippen LogP contribution in [-0.4, -0.2) is 52.7 Å². The van der Waals surface area contributed by atoms with Gasteiger partial charge in [0, 0.05) is 49.7 Å². The van der Waals surface area contributed by atoms with Crippen LogP contribution in [0.25, 0.3) is 11.1 Å². The molecule has 35 heavy (non-hydrogen) atoms. The second-order valence-corrected chi connectivity index (χ2v) is 9.80. The Bertz CT molecular complexity index is 1200. The first-order chi connectivity index (χ1) is 17.0. The number of rotatable bonds is 5. The summed E-state index contributed by atoms with van der Waals surface area (Å²) in [6.45, 7) is 5.01. The lowest BCUT2D eigenvalue weighted by atomic mass is 9.88. The van der Waals surface area contributed by atoms with E-state index in [-0.39, 0.29) is 17.7 Å². The summed E-state index contributed by atoms with van der Waals surface area (Å²) < 4.78 is 1.81. The molecule has 3 heterocycles. The van der Waals surface area contributed by atoms with Crippen molar-refractivity contribution in [2.45, 2.75) is 32.1 Å². The minimum atomic E-state index is -0.00814. The van der Waals surface area contributed by atoms with Gasteiger partial charge in [-0.3, -0.25) is 14.3 Å². The predicted octanol–water partition coefficient (Wildman–Crippen LogP) is 3.96. The molecule has 2 saturated heterocycles. The maximum atomic E-state index is 13.2. The summed E-state index contributed by atoms with van der Waals surface area (Å²) in [5, 5.41) is 10.5. The van der Waals surface area contributed by atoms with Gasteiger partial charge in [-0.2, -0.15) is 5.10 Å². The zero-order valence-electron chi connectivity index (χ0n) is 20.5. The Hall–Kier alpha value is -3.45. The number of carbonyl (C=O) groups is 2. The molecule has 2 aliphatic rings. The molecule has 0 spiro atoms. The van der Waals surface area contributed by atoms with Crippen LogP contribution in [0.5, 0.6) is 0 Å². The van der Waals surface area contributed by atoms with Crippen molar-refractivity contribution in [2.24, 2.45) is 13.0 Å². The molecule has 1 unspecified atom stereocenters. The number of piperidine rings is 1. The zero-order chi connectivity index (χ0) is 24.4. The molecule has 2 amide bonds. The number of carbonyl (C=O) groups excluding carboxylic acids is 2. The highest BCUT2D eigenvalue weighted by molar-refractivity contribution is 5.98. The van der Waals surface area contributed by atoms with Crippen molar-refractivity contribution in [1.82, 2.24) is 20.0 Å². The minimum absolute atomic E-state index is 0.00814. The molecule has 2 fully saturated rings. The van der Waals surface area contributed by atoms with Gasteiger partial charge in [0.15, 0.2) is 0 Å². The predicted molar refractivity (Wildman–Crippen MR) is 137 cm³/mol. The summed E-state index contributed by atoms with van der Waals surface area (Å²) in [6.07, 6.45) is 6.65. The summed E-state index contributed by atoms with van der Waals surface area (Å²) >= 11 is 0. The normalized spacial score (nSPS) is 18.6. The first kappa shape index (κ1) is 23.3. The van der Waals surface area contributed by atoms with E-state index in [9.17, 15) is 9.59 Å². The lowest BCUT2D eigenvalue weighted by Gasteiger charge is -2.32. The van der Waals surface area contributed by atoms with Crippen LogP contribution in [0.2, 0.25) is 0 Å². The van der Waals surface area contributed by atoms with Crippen molar-refractivity contribution in [3.63, 3.8) is 0 Å². The second kappa shape index (κ2) is 10.0. The maximum Gasteiger partial charge on any atom is 0.253 e. The molecule has 5 rings (SSSR count). The monoisotopic (exact) mass is 471 g/mol. The van der Waals surface area contributed by atoms with Crippen molar-refractivity contribution in [3.8, 4) is 11.1 Å². The molecule has 0 saturated carbocycles. The summed E-state index contributed by atoms with van der Waals surface area (Å²) in [4.78, 5) is 27.8. The Kier molecular flexibility index (Phi) is 6.68. The number of nitrogens with zero attached hydrogens (tertiary/aromatic N) is 3. The van der Waals surface area contributed by atoms with Gasteiger partial charge in [-0.25, -0.2) is 0 Å². The molecule has 0 aliphatic carbocycles. The smallest absolute Gasteiger partial charge is 0.253 e. The topological polar surface area (TPSA) is 79.3 Å². The lowest BCUT2D eigenvalue weighted by Crippen LogP contribution is -2.38. The standard InChI is InChI=1S/C28H33N5O2/c1-19-3-4-23(15-26(19)31-27(34)24-9-12-29-16-24)28(35)33-13-10-22(11-14-33)20-5-7-21(8-6-20)25-17-30-32(2)18-25/h3-8,15,17-18,22,24,29H,9-14,16H2,1-2H3,(H,31,34). The highest BCUT2D eigenvalue weighted by atomic mass is 16.2. The largest absolute Gasteiger partial charge is 0.339 e. The lowest BCUT2D eigenvalue weighted by molar-refractivity contribution is -0.119. The molecule has 1 atom stereocenters. The summed E-state index contributed by atoms with van der Waals surface area (Å²) in [5.41, 5.74) is 5.95. The third-order valence-corrected chi connectivity index (χ3v) is 7.38. The first-order valence-corrected chi connectivity index (χ1v) is 12.5. The van der Waals surface area contributed by atoms with Crippen molar-refractivity contribution in [2.75, 3.05) is 31.5 Å². The quantitative estimate of drug-likeness (QED) is 0.590. The molecule has 1 aromatic heterocycles. The highest BCUT2D eigenvalue weighted by Gasteiger charge is 2.26. The van der Waals surface area contributed by atoms with Crippen LogP contribution in [0.1, 0.15) is 46.7 Å². The third kappa shape index (κ3) is 5.15. The van der Waals surface area contributed by atoms with Gasteiger partial charge in [-0.15, -0.1) is 0 Å². The van der Waals surface area contributed by atoms with Gasteiger partial charge in [0.05, 0.1) is 12.1 Å². The van der Waals surface area contributed by atoms with E-state index >= 15 is 0 Å². The van der Waals surface area contributed by atoms with Gasteiger partial charge in [-0.05, 0) is 67.5 Å². The summed E-state index contributed by atoms with van der Waals surface area (Å²) in [5.74, 6) is 0.507. The molecule has 182 valence electrons. The van der Waals surface area contributed by atoms with Gasteiger partial charge in [0.1, 0.15) is 0 Å². The Balaban J connectivity index is 1.20. The third-order valence-electron chi connectivity index (χ3n) is 7.38. The molecule has 3 aromatic rings. The summed E-state index contributed by atoms with van der Waals surface area (Å²) in [7, 11) is 1.93. The molecule has 0 radical (unpaired) electrons. The Morgan fingerprint density at radius 1 is 1.03 bits per heavy atom. The van der Waals surface area contributed by atoms with Crippen LogP contribution < -0.4 is 10.6 Å². The zero-order valence-corrected chi connectivity index (χ0v) is 20.5. The SMILES string of the molecule is Cc1ccc(C(=O)N2CCC(c3ccc(-c4cnn(C)c4)cc3)CC2)cc1NC(=O)C1CCNC1. The van der Waals surface area contributed by atoms with Crippen LogP contribution in [-0.2, 0) is 11.8 Å². The fraction of sp³-hybridized carbons (Fsp3) is 0.393. The molecule has 2 aromatic carbocycles. The van der Waals surface area contributed by atoms with E-state index in [0.717, 1.165) is 55.7 Å². The van der Waals surface area contributed by atoms with E-state index in [1.807, 2.05) is 54.1 Å². The van der Waals surface area contributed by atoms with Crippen molar-refractivity contribution in [3.05, 3.63) is 71.5 Å². The number of anilines is 1. The van der Waals surface area contributed by atoms with E-state index in [0.29, 0.717) is 18.0 Å². The van der Waals surface area contributed by atoms with Gasteiger partial charge in [0.2, 0.25) is 5.91 Å². The van der Waals surface area contributed by atoms with Crippen molar-refractivity contribution >= 4 is 17.5 Å². The minimum Gasteiger partial charge on any atom is -0.339 e. The Morgan fingerprint density at radius 3 is 2.46 bits per heavy atom. The van der Waals surface area contributed by atoms with Crippen molar-refractivity contribution < 1.29 is 9.59 Å². The van der Waals surface area contributed by atoms with Crippen LogP contribution in [0.4, 0.5) is 5.69 Å². The maximum absolute atomic E-state index is 13.2. The first-order valence-electron chi connectivity index (χ1n) is 12.5. The number of hydrogen-bond acceptors (Lipinski definition) is 4. The number of aryl methyl sites for hydroxylation is 2. The van der Waals surface area contributed by atoms with Crippen molar-refractivity contribution in [1.29, 1.82) is 0 Å². The summed E-state index contributed by atoms with van der Waals surface area (Å²) in [6, 6.07) is 14.4. The Morgan fingerprint density at radius 2 is 1.80 bits per heavy atom. The van der Waals surface area contributed by atoms with E-state index < -0.39 is 0 Å². The fourth-order valence-corrected chi connectivity index (χ4v) is 5.12. The number of benzene rings is 2. The number of amides is 2. The average Bonchev–Trinajstić information content (AvgIpc) is 3.58. The molecule has 7 heteroatoms. The number of likely N-dealkylation sites (tertiary alicyclic amines) is 1. The number of nitrogens with one attached hydrogen (secondary N) is 2. The molecule has 0 bridgehead atoms. The molecular formula is C28H33N5O2. The van der Waals surface area contributed by atoms with E-state index in [1.54, 1.807) is 0 Å². The Labute approximate surface area is 206 Å².